The summed E-state index contributed by atoms with van der Waals surface area (Å²) in [5.74, 6) is -1.48. The average molecular weight is 319 g/mol. The van der Waals surface area contributed by atoms with Crippen molar-refractivity contribution in [3.63, 3.8) is 0 Å². The van der Waals surface area contributed by atoms with Gasteiger partial charge in [-0.2, -0.15) is 17.6 Å². The Kier molecular flexibility index (Phi) is 4.13. The molecule has 0 atom stereocenters. The maximum absolute atomic E-state index is 12.7. The van der Waals surface area contributed by atoms with Gasteiger partial charge in [-0.15, -0.1) is 0 Å². The summed E-state index contributed by atoms with van der Waals surface area (Å²) in [6.45, 7) is 0. The van der Waals surface area contributed by atoms with Crippen LogP contribution >= 0.6 is 11.6 Å². The molecule has 0 aliphatic heterocycles. The van der Waals surface area contributed by atoms with E-state index < -0.39 is 28.6 Å². The molecule has 110 valence electrons. The van der Waals surface area contributed by atoms with Gasteiger partial charge < -0.3 is 5.32 Å². The zero-order valence-corrected chi connectivity index (χ0v) is 11.0. The monoisotopic (exact) mass is 318 g/mol. The van der Waals surface area contributed by atoms with Crippen molar-refractivity contribution in [1.82, 2.24) is 4.98 Å². The second-order valence-electron chi connectivity index (χ2n) is 4.02. The lowest BCUT2D eigenvalue weighted by Gasteiger charge is -2.11. The Bertz CT molecular complexity index is 671. The van der Waals surface area contributed by atoms with Crippen LogP contribution in [-0.4, -0.2) is 10.9 Å². The first-order valence-corrected chi connectivity index (χ1v) is 5.95. The summed E-state index contributed by atoms with van der Waals surface area (Å²) in [5.41, 5.74) is -1.12. The van der Waals surface area contributed by atoms with Crippen LogP contribution in [0, 0.1) is 5.95 Å². The van der Waals surface area contributed by atoms with Crippen molar-refractivity contribution < 1.29 is 22.4 Å². The van der Waals surface area contributed by atoms with E-state index in [4.69, 9.17) is 11.6 Å². The second-order valence-corrected chi connectivity index (χ2v) is 4.42. The molecule has 1 aromatic carbocycles. The van der Waals surface area contributed by atoms with Gasteiger partial charge in [-0.1, -0.05) is 11.6 Å². The molecule has 2 rings (SSSR count). The summed E-state index contributed by atoms with van der Waals surface area (Å²) in [7, 11) is 0. The zero-order valence-electron chi connectivity index (χ0n) is 10.2. The lowest BCUT2D eigenvalue weighted by molar-refractivity contribution is -0.137. The van der Waals surface area contributed by atoms with Crippen LogP contribution in [0.2, 0.25) is 5.02 Å². The van der Waals surface area contributed by atoms with Gasteiger partial charge >= 0.3 is 6.18 Å². The van der Waals surface area contributed by atoms with E-state index in [1.165, 1.54) is 6.07 Å². The number of pyridine rings is 1. The summed E-state index contributed by atoms with van der Waals surface area (Å²) in [5, 5.41) is 1.79. The lowest BCUT2D eigenvalue weighted by Crippen LogP contribution is -2.13. The average Bonchev–Trinajstić information content (AvgIpc) is 2.40. The fraction of sp³-hybridized carbons (Fsp3) is 0.0769. The Hall–Kier alpha value is -2.15. The first-order valence-electron chi connectivity index (χ1n) is 5.57. The van der Waals surface area contributed by atoms with E-state index in [1.54, 1.807) is 0 Å². The summed E-state index contributed by atoms with van der Waals surface area (Å²) < 4.78 is 50.7. The molecule has 0 aliphatic carbocycles. The second kappa shape index (κ2) is 5.69. The Balaban J connectivity index is 2.24. The van der Waals surface area contributed by atoms with E-state index in [-0.39, 0.29) is 11.3 Å². The van der Waals surface area contributed by atoms with Gasteiger partial charge in [0, 0.05) is 11.9 Å². The Morgan fingerprint density at radius 3 is 2.48 bits per heavy atom. The third-order valence-electron chi connectivity index (χ3n) is 2.52. The highest BCUT2D eigenvalue weighted by atomic mass is 35.5. The summed E-state index contributed by atoms with van der Waals surface area (Å²) in [6, 6.07) is 5.11. The van der Waals surface area contributed by atoms with Crippen molar-refractivity contribution in [2.75, 3.05) is 5.32 Å². The molecular formula is C13H7ClF4N2O. The number of anilines is 1. The smallest absolute Gasteiger partial charge is 0.322 e. The van der Waals surface area contributed by atoms with Crippen LogP contribution in [0.3, 0.4) is 0 Å². The molecule has 0 radical (unpaired) electrons. The minimum atomic E-state index is -4.63. The zero-order chi connectivity index (χ0) is 15.6. The van der Waals surface area contributed by atoms with Gasteiger partial charge in [-0.25, -0.2) is 4.98 Å². The topological polar surface area (TPSA) is 42.0 Å². The third kappa shape index (κ3) is 3.69. The third-order valence-corrected chi connectivity index (χ3v) is 2.85. The van der Waals surface area contributed by atoms with Crippen LogP contribution in [0.15, 0.2) is 36.5 Å². The number of nitrogens with one attached hydrogen (secondary N) is 1. The van der Waals surface area contributed by atoms with Crippen molar-refractivity contribution in [2.45, 2.75) is 6.18 Å². The van der Waals surface area contributed by atoms with E-state index in [1.807, 2.05) is 0 Å². The molecular weight excluding hydrogens is 312 g/mol. The predicted molar refractivity (Wildman–Crippen MR) is 68.6 cm³/mol. The number of aromatic nitrogens is 1. The molecule has 0 fully saturated rings. The molecule has 0 spiro atoms. The summed E-state index contributed by atoms with van der Waals surface area (Å²) in [4.78, 5) is 15.1. The minimum absolute atomic E-state index is 0.0138. The van der Waals surface area contributed by atoms with Crippen LogP contribution in [0.4, 0.5) is 23.2 Å². The van der Waals surface area contributed by atoms with Gasteiger partial charge in [0.2, 0.25) is 5.95 Å². The molecule has 0 bridgehead atoms. The number of carbonyl (C=O) groups is 1. The fourth-order valence-electron chi connectivity index (χ4n) is 1.53. The lowest BCUT2D eigenvalue weighted by atomic mass is 10.2. The molecule has 21 heavy (non-hydrogen) atoms. The number of nitrogens with zero attached hydrogens (tertiary/aromatic N) is 1. The van der Waals surface area contributed by atoms with Crippen LogP contribution in [0.1, 0.15) is 15.9 Å². The molecule has 1 N–H and O–H groups in total. The largest absolute Gasteiger partial charge is 0.417 e. The maximum atomic E-state index is 12.7. The predicted octanol–water partition coefficient (Wildman–Crippen LogP) is 4.15. The SMILES string of the molecule is O=C(Nc1ccc(Cl)c(C(F)(F)F)c1)c1ccc(F)nc1. The van der Waals surface area contributed by atoms with Gasteiger partial charge in [-0.3, -0.25) is 4.79 Å². The normalized spacial score (nSPS) is 11.3. The highest BCUT2D eigenvalue weighted by Gasteiger charge is 2.33. The molecule has 0 saturated heterocycles. The molecule has 8 heteroatoms. The molecule has 0 aliphatic rings. The highest BCUT2D eigenvalue weighted by molar-refractivity contribution is 6.31. The van der Waals surface area contributed by atoms with Crippen molar-refractivity contribution in [3.05, 3.63) is 58.6 Å². The van der Waals surface area contributed by atoms with Crippen molar-refractivity contribution in [1.29, 1.82) is 0 Å². The summed E-state index contributed by atoms with van der Waals surface area (Å²) in [6.07, 6.45) is -3.65. The van der Waals surface area contributed by atoms with E-state index in [2.05, 4.69) is 10.3 Å². The highest BCUT2D eigenvalue weighted by Crippen LogP contribution is 2.36. The van der Waals surface area contributed by atoms with Gasteiger partial charge in [0.15, 0.2) is 0 Å². The standard InChI is InChI=1S/C13H7ClF4N2O/c14-10-3-2-8(5-9(10)13(16,17)18)20-12(21)7-1-4-11(15)19-6-7/h1-6H,(H,20,21). The number of halogens is 5. The van der Waals surface area contributed by atoms with E-state index >= 15 is 0 Å². The van der Waals surface area contributed by atoms with Crippen molar-refractivity contribution >= 4 is 23.2 Å². The van der Waals surface area contributed by atoms with Crippen LogP contribution in [0.5, 0.6) is 0 Å². The molecule has 0 unspecified atom stereocenters. The number of rotatable bonds is 2. The molecule has 1 amide bonds. The maximum Gasteiger partial charge on any atom is 0.417 e. The summed E-state index contributed by atoms with van der Waals surface area (Å²) >= 11 is 5.47. The molecule has 1 aromatic heterocycles. The van der Waals surface area contributed by atoms with Crippen LogP contribution < -0.4 is 5.32 Å². The minimum Gasteiger partial charge on any atom is -0.322 e. The Morgan fingerprint density at radius 2 is 1.90 bits per heavy atom. The number of alkyl halides is 3. The molecule has 0 saturated carbocycles. The number of hydrogen-bond donors (Lipinski definition) is 1. The van der Waals surface area contributed by atoms with E-state index in [9.17, 15) is 22.4 Å². The Morgan fingerprint density at radius 1 is 1.19 bits per heavy atom. The van der Waals surface area contributed by atoms with Crippen molar-refractivity contribution in [2.24, 2.45) is 0 Å². The van der Waals surface area contributed by atoms with Gasteiger partial charge in [0.1, 0.15) is 0 Å². The first-order chi connectivity index (χ1) is 9.77. The fourth-order valence-corrected chi connectivity index (χ4v) is 1.76. The number of carbonyl (C=O) groups excluding carboxylic acids is 1. The molecule has 3 nitrogen and oxygen atoms in total. The van der Waals surface area contributed by atoms with Gasteiger partial charge in [0.25, 0.3) is 5.91 Å². The number of hydrogen-bond acceptors (Lipinski definition) is 2. The van der Waals surface area contributed by atoms with Gasteiger partial charge in [0.05, 0.1) is 16.1 Å². The first kappa shape index (κ1) is 15.2. The van der Waals surface area contributed by atoms with Crippen molar-refractivity contribution in [3.8, 4) is 0 Å². The van der Waals surface area contributed by atoms with Crippen LogP contribution in [-0.2, 0) is 6.18 Å². The molecule has 2 aromatic rings. The Labute approximate surface area is 121 Å². The van der Waals surface area contributed by atoms with Crippen LogP contribution in [0.25, 0.3) is 0 Å². The quantitative estimate of drug-likeness (QED) is 0.668. The van der Waals surface area contributed by atoms with E-state index in [0.717, 1.165) is 30.5 Å². The van der Waals surface area contributed by atoms with E-state index in [0.29, 0.717) is 0 Å². The number of benzene rings is 1. The molecule has 1 heterocycles. The number of amides is 1. The van der Waals surface area contributed by atoms with Gasteiger partial charge in [-0.05, 0) is 30.3 Å².